The van der Waals surface area contributed by atoms with Crippen molar-refractivity contribution >= 4 is 5.97 Å². The van der Waals surface area contributed by atoms with E-state index in [1.165, 1.54) is 11.1 Å². The molecular formula is C28H40O5. The van der Waals surface area contributed by atoms with Crippen LogP contribution in [0, 0.1) is 11.3 Å². The number of carbonyl (C=O) groups excluding carboxylic acids is 1. The van der Waals surface area contributed by atoms with Crippen LogP contribution in [0.4, 0.5) is 0 Å². The fourth-order valence-electron chi connectivity index (χ4n) is 6.46. The molecule has 5 atom stereocenters. The standard InChI is InChI=1S/C28H40O5/c1-18-21(15-22(29)16-26(18)30)11-10-20-7-6-14-28(3)24(12-13-25(20)28)19(2)32-17-27(31)33-23-8-4-5-9-23/h10-12,19,22-23,25-26,29-30H,1,4-9,13-17H2,2-3H3/t19-,22+,25-,26-,28+/m0/s1. The molecule has 4 aliphatic carbocycles. The van der Waals surface area contributed by atoms with Gasteiger partial charge in [-0.3, -0.25) is 0 Å². The van der Waals surface area contributed by atoms with Gasteiger partial charge in [0.25, 0.3) is 0 Å². The third-order valence-corrected chi connectivity index (χ3v) is 8.36. The lowest BCUT2D eigenvalue weighted by molar-refractivity contribution is -0.155. The number of aliphatic hydroxyl groups is 2. The molecule has 0 heterocycles. The number of hydrogen-bond acceptors (Lipinski definition) is 5. The molecule has 0 spiro atoms. The third-order valence-electron chi connectivity index (χ3n) is 8.36. The van der Waals surface area contributed by atoms with Crippen LogP contribution in [0.25, 0.3) is 0 Å². The van der Waals surface area contributed by atoms with Crippen molar-refractivity contribution in [2.45, 2.75) is 102 Å². The number of aliphatic hydroxyl groups excluding tert-OH is 2. The van der Waals surface area contributed by atoms with E-state index in [0.717, 1.165) is 62.5 Å². The van der Waals surface area contributed by atoms with Gasteiger partial charge in [-0.2, -0.15) is 0 Å². The van der Waals surface area contributed by atoms with Crippen molar-refractivity contribution in [2.24, 2.45) is 11.3 Å². The van der Waals surface area contributed by atoms with Crippen molar-refractivity contribution in [3.05, 3.63) is 47.1 Å². The minimum atomic E-state index is -0.659. The molecular weight excluding hydrogens is 416 g/mol. The Balaban J connectivity index is 1.39. The monoisotopic (exact) mass is 456 g/mol. The van der Waals surface area contributed by atoms with Crippen LogP contribution < -0.4 is 0 Å². The molecule has 0 aliphatic heterocycles. The van der Waals surface area contributed by atoms with Gasteiger partial charge in [-0.25, -0.2) is 4.79 Å². The van der Waals surface area contributed by atoms with Gasteiger partial charge in [0.15, 0.2) is 0 Å². The minimum Gasteiger partial charge on any atom is -0.461 e. The van der Waals surface area contributed by atoms with E-state index >= 15 is 0 Å². The second-order valence-electron chi connectivity index (χ2n) is 10.6. The highest BCUT2D eigenvalue weighted by Gasteiger charge is 2.46. The molecule has 33 heavy (non-hydrogen) atoms. The predicted molar refractivity (Wildman–Crippen MR) is 128 cm³/mol. The molecule has 0 amide bonds. The maximum atomic E-state index is 12.2. The summed E-state index contributed by atoms with van der Waals surface area (Å²) >= 11 is 0. The highest BCUT2D eigenvalue weighted by atomic mass is 16.6. The molecule has 0 unspecified atom stereocenters. The minimum absolute atomic E-state index is 0.0112. The lowest BCUT2D eigenvalue weighted by atomic mass is 9.63. The largest absolute Gasteiger partial charge is 0.461 e. The van der Waals surface area contributed by atoms with Crippen molar-refractivity contribution in [1.29, 1.82) is 0 Å². The SMILES string of the molecule is C=C1C(=CC=C2CCC[C@]3(C)C([C@H](C)OCC(=O)OC4CCCC4)=CC[C@@H]23)C[C@@H](O)C[C@@H]1O. The number of rotatable bonds is 6. The van der Waals surface area contributed by atoms with Crippen molar-refractivity contribution < 1.29 is 24.5 Å². The number of ether oxygens (including phenoxy) is 2. The fraction of sp³-hybridized carbons (Fsp3) is 0.679. The Kier molecular flexibility index (Phi) is 7.62. The summed E-state index contributed by atoms with van der Waals surface area (Å²) in [4.78, 5) is 12.2. The molecule has 0 saturated heterocycles. The summed E-state index contributed by atoms with van der Waals surface area (Å²) < 4.78 is 11.5. The fourth-order valence-corrected chi connectivity index (χ4v) is 6.46. The number of fused-ring (bicyclic) bond motifs is 1. The van der Waals surface area contributed by atoms with E-state index in [4.69, 9.17) is 9.47 Å². The van der Waals surface area contributed by atoms with Crippen LogP contribution in [0.2, 0.25) is 0 Å². The molecule has 3 fully saturated rings. The lowest BCUT2D eigenvalue weighted by Gasteiger charge is -2.42. The predicted octanol–water partition coefficient (Wildman–Crippen LogP) is 4.94. The molecule has 3 saturated carbocycles. The molecule has 182 valence electrons. The lowest BCUT2D eigenvalue weighted by Crippen LogP contribution is -2.35. The Hall–Kier alpha value is -1.69. The number of hydrogen-bond donors (Lipinski definition) is 2. The van der Waals surface area contributed by atoms with Gasteiger partial charge in [0.05, 0.1) is 18.3 Å². The van der Waals surface area contributed by atoms with Crippen LogP contribution in [-0.4, -0.2) is 47.2 Å². The van der Waals surface area contributed by atoms with Gasteiger partial charge in [0, 0.05) is 6.42 Å². The van der Waals surface area contributed by atoms with Crippen LogP contribution in [0.1, 0.15) is 78.1 Å². The van der Waals surface area contributed by atoms with Crippen LogP contribution in [0.5, 0.6) is 0 Å². The summed E-state index contributed by atoms with van der Waals surface area (Å²) in [7, 11) is 0. The van der Waals surface area contributed by atoms with E-state index in [9.17, 15) is 15.0 Å². The molecule has 0 aromatic rings. The van der Waals surface area contributed by atoms with Gasteiger partial charge in [-0.15, -0.1) is 0 Å². The zero-order chi connectivity index (χ0) is 23.6. The first kappa shape index (κ1) is 24.4. The van der Waals surface area contributed by atoms with E-state index in [0.29, 0.717) is 18.8 Å². The Labute approximate surface area is 198 Å². The summed E-state index contributed by atoms with van der Waals surface area (Å²) in [6.45, 7) is 8.43. The van der Waals surface area contributed by atoms with E-state index in [1.54, 1.807) is 0 Å². The van der Waals surface area contributed by atoms with Crippen molar-refractivity contribution in [1.82, 2.24) is 0 Å². The van der Waals surface area contributed by atoms with E-state index in [2.05, 4.69) is 38.7 Å². The molecule has 0 bridgehead atoms. The highest BCUT2D eigenvalue weighted by Crippen LogP contribution is 2.55. The Morgan fingerprint density at radius 1 is 1.27 bits per heavy atom. The molecule has 4 rings (SSSR count). The summed E-state index contributed by atoms with van der Waals surface area (Å²) in [5.41, 5.74) is 4.42. The molecule has 0 aromatic carbocycles. The van der Waals surface area contributed by atoms with Gasteiger partial charge >= 0.3 is 5.97 Å². The molecule has 0 aromatic heterocycles. The normalized spacial score (nSPS) is 36.2. The number of esters is 1. The van der Waals surface area contributed by atoms with Gasteiger partial charge in [0.2, 0.25) is 0 Å². The smallest absolute Gasteiger partial charge is 0.332 e. The molecule has 2 N–H and O–H groups in total. The molecule has 4 aliphatic rings. The first-order valence-corrected chi connectivity index (χ1v) is 12.7. The van der Waals surface area contributed by atoms with Gasteiger partial charge in [0.1, 0.15) is 12.7 Å². The van der Waals surface area contributed by atoms with Crippen molar-refractivity contribution in [2.75, 3.05) is 6.61 Å². The highest BCUT2D eigenvalue weighted by molar-refractivity contribution is 5.71. The van der Waals surface area contributed by atoms with Gasteiger partial charge < -0.3 is 19.7 Å². The second kappa shape index (κ2) is 10.3. The summed E-state index contributed by atoms with van der Waals surface area (Å²) in [6, 6.07) is 0. The second-order valence-corrected chi connectivity index (χ2v) is 10.6. The van der Waals surface area contributed by atoms with Crippen LogP contribution in [0.3, 0.4) is 0 Å². The molecule has 0 radical (unpaired) electrons. The van der Waals surface area contributed by atoms with E-state index < -0.39 is 12.2 Å². The maximum Gasteiger partial charge on any atom is 0.332 e. The van der Waals surface area contributed by atoms with E-state index in [1.807, 2.05) is 0 Å². The first-order valence-electron chi connectivity index (χ1n) is 12.7. The maximum absolute atomic E-state index is 12.2. The van der Waals surface area contributed by atoms with Crippen molar-refractivity contribution in [3.63, 3.8) is 0 Å². The summed E-state index contributed by atoms with van der Waals surface area (Å²) in [5, 5.41) is 20.2. The molecule has 5 heteroatoms. The quantitative estimate of drug-likeness (QED) is 0.437. The van der Waals surface area contributed by atoms with Crippen LogP contribution >= 0.6 is 0 Å². The van der Waals surface area contributed by atoms with Crippen LogP contribution in [-0.2, 0) is 14.3 Å². The van der Waals surface area contributed by atoms with Crippen molar-refractivity contribution in [3.8, 4) is 0 Å². The number of allylic oxidation sites excluding steroid dienone is 4. The van der Waals surface area contributed by atoms with Gasteiger partial charge in [-0.05, 0) is 92.8 Å². The Bertz CT molecular complexity index is 846. The Morgan fingerprint density at radius 2 is 2.03 bits per heavy atom. The summed E-state index contributed by atoms with van der Waals surface area (Å²) in [6.07, 6.45) is 14.8. The summed E-state index contributed by atoms with van der Waals surface area (Å²) in [5.74, 6) is 0.170. The number of carbonyl (C=O) groups is 1. The zero-order valence-electron chi connectivity index (χ0n) is 20.2. The van der Waals surface area contributed by atoms with Gasteiger partial charge in [-0.1, -0.05) is 37.3 Å². The average molecular weight is 457 g/mol. The third kappa shape index (κ3) is 5.36. The molecule has 5 nitrogen and oxygen atoms in total. The average Bonchev–Trinajstić information content (AvgIpc) is 3.40. The van der Waals surface area contributed by atoms with E-state index in [-0.39, 0.29) is 30.2 Å². The first-order chi connectivity index (χ1) is 15.8. The topological polar surface area (TPSA) is 76.0 Å². The zero-order valence-corrected chi connectivity index (χ0v) is 20.2. The Morgan fingerprint density at radius 3 is 2.79 bits per heavy atom. The van der Waals surface area contributed by atoms with Crippen LogP contribution in [0.15, 0.2) is 47.1 Å².